The van der Waals surface area contributed by atoms with Crippen LogP contribution in [0.15, 0.2) is 89.7 Å². The molecule has 2 aromatic heterocycles. The molecule has 3 heterocycles. The molecule has 0 spiro atoms. The minimum Gasteiger partial charge on any atom is -0.341 e. The highest BCUT2D eigenvalue weighted by molar-refractivity contribution is 6.34. The van der Waals surface area contributed by atoms with E-state index in [1.165, 1.54) is 0 Å². The first-order valence-electron chi connectivity index (χ1n) is 12.8. The molecule has 6 rings (SSSR count). The van der Waals surface area contributed by atoms with Crippen molar-refractivity contribution >= 4 is 34.2 Å². The van der Waals surface area contributed by atoms with E-state index >= 15 is 0 Å². The van der Waals surface area contributed by atoms with E-state index in [0.29, 0.717) is 30.0 Å². The van der Waals surface area contributed by atoms with Crippen molar-refractivity contribution in [2.45, 2.75) is 31.8 Å². The molecule has 3 aromatic carbocycles. The van der Waals surface area contributed by atoms with Gasteiger partial charge in [-0.1, -0.05) is 53.6 Å². The number of halogens is 1. The Balaban J connectivity index is 1.43. The Morgan fingerprint density at radius 3 is 2.60 bits per heavy atom. The maximum atomic E-state index is 13.8. The molecule has 0 aliphatic carbocycles. The zero-order valence-corrected chi connectivity index (χ0v) is 22.5. The summed E-state index contributed by atoms with van der Waals surface area (Å²) in [5.74, 6) is 5.35. The molecule has 1 amide bonds. The molecule has 10 nitrogen and oxygen atoms in total. The van der Waals surface area contributed by atoms with Crippen LogP contribution in [0.25, 0.3) is 16.6 Å². The number of aromatic nitrogens is 4. The van der Waals surface area contributed by atoms with Gasteiger partial charge in [0.15, 0.2) is 0 Å². The Labute approximate surface area is 235 Å². The number of rotatable bonds is 5. The highest BCUT2D eigenvalue weighted by atomic mass is 35.5. The number of hydrogen-bond acceptors (Lipinski definition) is 4. The second-order valence-corrected chi connectivity index (χ2v) is 10.4. The van der Waals surface area contributed by atoms with Crippen molar-refractivity contribution < 1.29 is 10.2 Å². The van der Waals surface area contributed by atoms with Crippen molar-refractivity contribution in [1.29, 1.82) is 0 Å². The van der Waals surface area contributed by atoms with Gasteiger partial charge in [-0.2, -0.15) is 0 Å². The fourth-order valence-electron chi connectivity index (χ4n) is 5.68. The Bertz CT molecular complexity index is 1780. The lowest BCUT2D eigenvalue weighted by Crippen LogP contribution is -2.51. The SMILES string of the molecule is Cc1ccc2c(c1)c(C(=[NH2+])N=NN)c1n2C[C@@](NC(=O)c2ccc(-n3cnnc3)cc2Cl)(c2ccccc2)CC1. The van der Waals surface area contributed by atoms with Crippen LogP contribution in [0, 0.1) is 6.92 Å². The Hall–Kier alpha value is -4.83. The molecule has 1 aliphatic heterocycles. The molecular formula is C29H27ClN9O+. The molecule has 0 fully saturated rings. The standard InChI is InChI=1S/C29H26ClN9O/c1-18-7-10-24-22(13-18)26(27(31)36-37-32)25-11-12-29(15-39(24)25,19-5-3-2-4-6-19)35-28(40)21-9-8-20(14-23(21)30)38-16-33-34-17-38/h2-10,13-14,16-17H,11-12,15H2,1H3,(H,35,40)(H3,31,32,36)/p+1/t29-/m1/s1. The quantitative estimate of drug-likeness (QED) is 0.101. The van der Waals surface area contributed by atoms with Gasteiger partial charge in [-0.3, -0.25) is 20.6 Å². The lowest BCUT2D eigenvalue weighted by molar-refractivity contribution is -0.114. The van der Waals surface area contributed by atoms with Gasteiger partial charge >= 0.3 is 5.84 Å². The Kier molecular flexibility index (Phi) is 6.39. The van der Waals surface area contributed by atoms with Crippen LogP contribution in [0.1, 0.15) is 39.2 Å². The van der Waals surface area contributed by atoms with Crippen LogP contribution >= 0.6 is 11.6 Å². The molecule has 11 heteroatoms. The molecule has 0 bridgehead atoms. The van der Waals surface area contributed by atoms with Crippen LogP contribution < -0.4 is 16.6 Å². The smallest absolute Gasteiger partial charge is 0.341 e. The summed E-state index contributed by atoms with van der Waals surface area (Å²) in [7, 11) is 0. The van der Waals surface area contributed by atoms with Gasteiger partial charge in [-0.05, 0) is 55.7 Å². The third-order valence-corrected chi connectivity index (χ3v) is 7.87. The molecule has 0 unspecified atom stereocenters. The zero-order chi connectivity index (χ0) is 27.9. The second kappa shape index (κ2) is 10.0. The van der Waals surface area contributed by atoms with Crippen LogP contribution in [-0.2, 0) is 18.5 Å². The number of benzene rings is 3. The van der Waals surface area contributed by atoms with Gasteiger partial charge < -0.3 is 9.88 Å². The van der Waals surface area contributed by atoms with Gasteiger partial charge in [0.2, 0.25) is 0 Å². The first-order valence-corrected chi connectivity index (χ1v) is 13.2. The van der Waals surface area contributed by atoms with E-state index in [1.807, 2.05) is 43.3 Å². The van der Waals surface area contributed by atoms with Crippen molar-refractivity contribution in [1.82, 2.24) is 24.6 Å². The first kappa shape index (κ1) is 25.4. The van der Waals surface area contributed by atoms with Gasteiger partial charge in [-0.25, -0.2) is 0 Å². The minimum atomic E-state index is -0.708. The number of carbonyl (C=O) groups excluding carboxylic acids is 1. The van der Waals surface area contributed by atoms with E-state index in [-0.39, 0.29) is 11.7 Å². The zero-order valence-electron chi connectivity index (χ0n) is 21.8. The highest BCUT2D eigenvalue weighted by Crippen LogP contribution is 2.40. The summed E-state index contributed by atoms with van der Waals surface area (Å²) in [6, 6.07) is 21.5. The normalized spacial score (nSPS) is 16.8. The molecule has 200 valence electrons. The molecule has 0 saturated carbocycles. The minimum absolute atomic E-state index is 0.261. The number of nitrogens with one attached hydrogen (secondary N) is 1. The predicted molar refractivity (Wildman–Crippen MR) is 152 cm³/mol. The van der Waals surface area contributed by atoms with Gasteiger partial charge in [0.05, 0.1) is 33.3 Å². The lowest BCUT2D eigenvalue weighted by atomic mass is 9.81. The molecule has 40 heavy (non-hydrogen) atoms. The highest BCUT2D eigenvalue weighted by Gasteiger charge is 2.41. The summed E-state index contributed by atoms with van der Waals surface area (Å²) < 4.78 is 3.95. The molecule has 1 aliphatic rings. The summed E-state index contributed by atoms with van der Waals surface area (Å²) in [6.07, 6.45) is 4.42. The van der Waals surface area contributed by atoms with E-state index in [2.05, 4.69) is 48.6 Å². The Morgan fingerprint density at radius 2 is 1.88 bits per heavy atom. The van der Waals surface area contributed by atoms with Crippen molar-refractivity contribution in [3.8, 4) is 5.69 Å². The fourth-order valence-corrected chi connectivity index (χ4v) is 5.94. The fraction of sp³-hybridized carbons (Fsp3) is 0.172. The third kappa shape index (κ3) is 4.32. The second-order valence-electron chi connectivity index (χ2n) is 9.96. The van der Waals surface area contributed by atoms with E-state index < -0.39 is 5.54 Å². The van der Waals surface area contributed by atoms with E-state index in [9.17, 15) is 4.79 Å². The lowest BCUT2D eigenvalue weighted by Gasteiger charge is -2.40. The summed E-state index contributed by atoms with van der Waals surface area (Å²) in [5.41, 5.74) is 5.39. The molecular weight excluding hydrogens is 526 g/mol. The van der Waals surface area contributed by atoms with Crippen molar-refractivity contribution in [2.75, 3.05) is 0 Å². The molecule has 5 aromatic rings. The van der Waals surface area contributed by atoms with E-state index in [0.717, 1.165) is 39.0 Å². The van der Waals surface area contributed by atoms with Crippen molar-refractivity contribution in [3.63, 3.8) is 0 Å². The van der Waals surface area contributed by atoms with Crippen LogP contribution in [0.4, 0.5) is 0 Å². The summed E-state index contributed by atoms with van der Waals surface area (Å²) in [5, 5.41) is 26.1. The number of carbonyl (C=O) groups is 1. The number of amides is 1. The molecule has 0 radical (unpaired) electrons. The van der Waals surface area contributed by atoms with Gasteiger partial charge in [0, 0.05) is 27.5 Å². The number of aryl methyl sites for hydroxylation is 1. The molecule has 5 N–H and O–H groups in total. The van der Waals surface area contributed by atoms with Gasteiger partial charge in [0.1, 0.15) is 12.7 Å². The molecule has 1 atom stereocenters. The third-order valence-electron chi connectivity index (χ3n) is 7.56. The number of nitrogens with two attached hydrogens (primary N) is 2. The number of fused-ring (bicyclic) bond motifs is 3. The monoisotopic (exact) mass is 552 g/mol. The van der Waals surface area contributed by atoms with E-state index in [4.69, 9.17) is 22.9 Å². The maximum absolute atomic E-state index is 13.8. The van der Waals surface area contributed by atoms with Crippen molar-refractivity contribution in [3.05, 3.63) is 112 Å². The predicted octanol–water partition coefficient (Wildman–Crippen LogP) is 3.29. The Morgan fingerprint density at radius 1 is 1.10 bits per heavy atom. The molecule has 0 saturated heterocycles. The van der Waals surface area contributed by atoms with Crippen LogP contribution in [-0.4, -0.2) is 31.1 Å². The average molecular weight is 553 g/mol. The van der Waals surface area contributed by atoms with Gasteiger partial charge in [-0.15, -0.1) is 10.2 Å². The summed E-state index contributed by atoms with van der Waals surface area (Å²) >= 11 is 6.63. The first-order chi connectivity index (χ1) is 19.4. The maximum Gasteiger partial charge on any atom is 0.353 e. The van der Waals surface area contributed by atoms with Crippen LogP contribution in [0.5, 0.6) is 0 Å². The number of nitrogens with zero attached hydrogens (tertiary/aromatic N) is 6. The van der Waals surface area contributed by atoms with Crippen LogP contribution in [0.2, 0.25) is 5.02 Å². The number of amidine groups is 1. The number of hydrogen-bond donors (Lipinski definition) is 3. The van der Waals surface area contributed by atoms with E-state index in [1.54, 1.807) is 29.4 Å². The summed E-state index contributed by atoms with van der Waals surface area (Å²) in [4.78, 5) is 13.8. The average Bonchev–Trinajstić information content (AvgIpc) is 3.60. The topological polar surface area (TPSA) is 141 Å². The summed E-state index contributed by atoms with van der Waals surface area (Å²) in [6.45, 7) is 2.52. The van der Waals surface area contributed by atoms with Crippen LogP contribution in [0.3, 0.4) is 0 Å². The van der Waals surface area contributed by atoms with Gasteiger partial charge in [0.25, 0.3) is 5.91 Å². The van der Waals surface area contributed by atoms with Crippen molar-refractivity contribution in [2.24, 2.45) is 16.2 Å². The largest absolute Gasteiger partial charge is 0.353 e.